The van der Waals surface area contributed by atoms with Crippen molar-refractivity contribution >= 4 is 12.7 Å². The zero-order valence-corrected chi connectivity index (χ0v) is 11.2. The number of hydrogen-bond donors (Lipinski definition) is 0. The van der Waals surface area contributed by atoms with Crippen molar-refractivity contribution in [2.24, 2.45) is 0 Å². The number of benzene rings is 1. The summed E-state index contributed by atoms with van der Waals surface area (Å²) < 4.78 is 17.7. The SMILES string of the molecule is COc1ccc2c(c1)CC[C@@H]1C2=CC[P@@]1(C)=O. The Labute approximate surface area is 102 Å². The molecule has 17 heavy (non-hydrogen) atoms. The van der Waals surface area contributed by atoms with Crippen molar-refractivity contribution in [2.75, 3.05) is 19.9 Å². The lowest BCUT2D eigenvalue weighted by Crippen LogP contribution is -2.15. The molecule has 0 unspecified atom stereocenters. The van der Waals surface area contributed by atoms with Gasteiger partial charge in [0.15, 0.2) is 0 Å². The molecule has 2 atom stereocenters. The number of ether oxygens (including phenoxy) is 1. The molecule has 0 amide bonds. The van der Waals surface area contributed by atoms with Crippen LogP contribution in [0, 0.1) is 0 Å². The minimum absolute atomic E-state index is 0.309. The highest BCUT2D eigenvalue weighted by molar-refractivity contribution is 7.65. The first-order chi connectivity index (χ1) is 8.12. The molecular formula is C14H17O2P. The van der Waals surface area contributed by atoms with E-state index in [1.54, 1.807) is 7.11 Å². The van der Waals surface area contributed by atoms with Gasteiger partial charge in [-0.1, -0.05) is 12.1 Å². The maximum atomic E-state index is 12.4. The molecule has 1 aromatic carbocycles. The fourth-order valence-electron chi connectivity index (χ4n) is 3.03. The minimum atomic E-state index is -1.97. The van der Waals surface area contributed by atoms with E-state index in [0.717, 1.165) is 24.8 Å². The molecule has 3 heteroatoms. The largest absolute Gasteiger partial charge is 0.497 e. The van der Waals surface area contributed by atoms with Gasteiger partial charge in [-0.3, -0.25) is 0 Å². The summed E-state index contributed by atoms with van der Waals surface area (Å²) in [5, 5.41) is 0. The Morgan fingerprint density at radius 1 is 1.41 bits per heavy atom. The van der Waals surface area contributed by atoms with Crippen LogP contribution in [0.5, 0.6) is 5.75 Å². The van der Waals surface area contributed by atoms with Crippen LogP contribution in [0.2, 0.25) is 0 Å². The van der Waals surface area contributed by atoms with Crippen LogP contribution in [0.3, 0.4) is 0 Å². The fraction of sp³-hybridized carbons (Fsp3) is 0.429. The summed E-state index contributed by atoms with van der Waals surface area (Å²) in [4.78, 5) is 0. The van der Waals surface area contributed by atoms with Gasteiger partial charge in [-0.15, -0.1) is 0 Å². The fourth-order valence-corrected chi connectivity index (χ4v) is 5.35. The third kappa shape index (κ3) is 1.66. The standard InChI is InChI=1S/C14H17O2P/c1-16-11-4-5-12-10(9-11)3-6-14-13(12)7-8-17(14,2)15/h4-5,7,9,14H,3,6,8H2,1-2H3/t14-,17-/m1/s1. The van der Waals surface area contributed by atoms with Gasteiger partial charge in [0.2, 0.25) is 0 Å². The normalized spacial score (nSPS) is 30.5. The number of rotatable bonds is 1. The lowest BCUT2D eigenvalue weighted by molar-refractivity contribution is 0.414. The van der Waals surface area contributed by atoms with Gasteiger partial charge in [-0.25, -0.2) is 0 Å². The molecule has 0 radical (unpaired) electrons. The Kier molecular flexibility index (Phi) is 2.45. The number of methoxy groups -OCH3 is 1. The molecule has 0 N–H and O–H groups in total. The lowest BCUT2D eigenvalue weighted by atomic mass is 9.87. The first-order valence-corrected chi connectivity index (χ1v) is 8.46. The zero-order chi connectivity index (χ0) is 12.0. The molecule has 1 heterocycles. The maximum absolute atomic E-state index is 12.4. The second-order valence-corrected chi connectivity index (χ2v) is 8.43. The molecule has 2 aliphatic rings. The van der Waals surface area contributed by atoms with Crippen LogP contribution >= 0.6 is 7.14 Å². The third-order valence-corrected chi connectivity index (χ3v) is 6.77. The van der Waals surface area contributed by atoms with Crippen molar-refractivity contribution in [2.45, 2.75) is 18.5 Å². The van der Waals surface area contributed by atoms with Gasteiger partial charge in [0.05, 0.1) is 14.3 Å². The van der Waals surface area contributed by atoms with E-state index in [9.17, 15) is 4.57 Å². The van der Waals surface area contributed by atoms with Crippen molar-refractivity contribution in [1.82, 2.24) is 0 Å². The van der Waals surface area contributed by atoms with Gasteiger partial charge in [0.1, 0.15) is 5.75 Å². The van der Waals surface area contributed by atoms with Gasteiger partial charge in [-0.2, -0.15) is 0 Å². The van der Waals surface area contributed by atoms with Gasteiger partial charge < -0.3 is 9.30 Å². The van der Waals surface area contributed by atoms with E-state index in [-0.39, 0.29) is 0 Å². The highest BCUT2D eigenvalue weighted by Crippen LogP contribution is 2.60. The van der Waals surface area contributed by atoms with Crippen LogP contribution in [0.4, 0.5) is 0 Å². The summed E-state index contributed by atoms with van der Waals surface area (Å²) in [6, 6.07) is 6.24. The molecule has 0 bridgehead atoms. The highest BCUT2D eigenvalue weighted by atomic mass is 31.2. The van der Waals surface area contributed by atoms with Gasteiger partial charge >= 0.3 is 0 Å². The first kappa shape index (κ1) is 11.1. The molecule has 0 aromatic heterocycles. The van der Waals surface area contributed by atoms with E-state index >= 15 is 0 Å². The Bertz CT molecular complexity index is 545. The average molecular weight is 248 g/mol. The van der Waals surface area contributed by atoms with Crippen LogP contribution in [0.1, 0.15) is 17.5 Å². The second kappa shape index (κ2) is 3.74. The molecule has 0 fully saturated rings. The van der Waals surface area contributed by atoms with Crippen molar-refractivity contribution < 1.29 is 9.30 Å². The van der Waals surface area contributed by atoms with Crippen LogP contribution < -0.4 is 4.74 Å². The van der Waals surface area contributed by atoms with Crippen LogP contribution in [0.25, 0.3) is 5.57 Å². The van der Waals surface area contributed by atoms with Crippen molar-refractivity contribution in [3.05, 3.63) is 35.4 Å². The summed E-state index contributed by atoms with van der Waals surface area (Å²) >= 11 is 0. The number of hydrogen-bond acceptors (Lipinski definition) is 2. The summed E-state index contributed by atoms with van der Waals surface area (Å²) in [7, 11) is -0.276. The number of allylic oxidation sites excluding steroid dienone is 2. The van der Waals surface area contributed by atoms with Crippen LogP contribution in [-0.4, -0.2) is 25.6 Å². The second-order valence-electron chi connectivity index (χ2n) is 5.09. The molecule has 1 aromatic rings. The maximum Gasteiger partial charge on any atom is 0.119 e. The van der Waals surface area contributed by atoms with E-state index in [1.165, 1.54) is 16.7 Å². The molecule has 90 valence electrons. The van der Waals surface area contributed by atoms with Gasteiger partial charge in [-0.05, 0) is 48.3 Å². The summed E-state index contributed by atoms with van der Waals surface area (Å²) in [5.41, 5.74) is 4.26. The zero-order valence-electron chi connectivity index (χ0n) is 10.3. The van der Waals surface area contributed by atoms with Gasteiger partial charge in [0.25, 0.3) is 0 Å². The van der Waals surface area contributed by atoms with Gasteiger partial charge in [0, 0.05) is 11.8 Å². The first-order valence-electron chi connectivity index (χ1n) is 6.05. The summed E-state index contributed by atoms with van der Waals surface area (Å²) in [6.45, 7) is 1.95. The predicted octanol–water partition coefficient (Wildman–Crippen LogP) is 3.40. The predicted molar refractivity (Wildman–Crippen MR) is 71.5 cm³/mol. The van der Waals surface area contributed by atoms with Crippen molar-refractivity contribution in [3.63, 3.8) is 0 Å². The molecule has 0 spiro atoms. The van der Waals surface area contributed by atoms with Crippen LogP contribution in [-0.2, 0) is 11.0 Å². The van der Waals surface area contributed by atoms with E-state index in [2.05, 4.69) is 18.2 Å². The third-order valence-electron chi connectivity index (χ3n) is 4.00. The van der Waals surface area contributed by atoms with E-state index in [0.29, 0.717) is 5.66 Å². The van der Waals surface area contributed by atoms with E-state index in [4.69, 9.17) is 4.74 Å². The Morgan fingerprint density at radius 3 is 3.00 bits per heavy atom. The van der Waals surface area contributed by atoms with Crippen molar-refractivity contribution in [1.29, 1.82) is 0 Å². The smallest absolute Gasteiger partial charge is 0.119 e. The lowest BCUT2D eigenvalue weighted by Gasteiger charge is -2.27. The summed E-state index contributed by atoms with van der Waals surface area (Å²) in [6.07, 6.45) is 5.01. The molecule has 1 aliphatic carbocycles. The topological polar surface area (TPSA) is 26.3 Å². The highest BCUT2D eigenvalue weighted by Gasteiger charge is 2.38. The average Bonchev–Trinajstić information content (AvgIpc) is 2.65. The quantitative estimate of drug-likeness (QED) is 0.712. The van der Waals surface area contributed by atoms with E-state index < -0.39 is 7.14 Å². The Morgan fingerprint density at radius 2 is 2.24 bits per heavy atom. The molecular weight excluding hydrogens is 231 g/mol. The number of fused-ring (bicyclic) bond motifs is 3. The monoisotopic (exact) mass is 248 g/mol. The number of aryl methyl sites for hydroxylation is 1. The molecule has 0 saturated heterocycles. The molecule has 0 saturated carbocycles. The summed E-state index contributed by atoms with van der Waals surface area (Å²) in [5.74, 6) is 0.917. The van der Waals surface area contributed by atoms with Crippen LogP contribution in [0.15, 0.2) is 24.3 Å². The van der Waals surface area contributed by atoms with E-state index in [1.807, 2.05) is 12.7 Å². The minimum Gasteiger partial charge on any atom is -0.497 e. The molecule has 3 rings (SSSR count). The molecule has 2 nitrogen and oxygen atoms in total. The van der Waals surface area contributed by atoms with Crippen molar-refractivity contribution in [3.8, 4) is 5.75 Å². The Balaban J connectivity index is 2.07. The Hall–Kier alpha value is -1.01. The molecule has 1 aliphatic heterocycles.